The smallest absolute Gasteiger partial charge is 0.257 e. The summed E-state index contributed by atoms with van der Waals surface area (Å²) in [5, 5.41) is 1.08. The molecular weight excluding hydrogens is 552 g/mol. The third-order valence-corrected chi connectivity index (χ3v) is 9.50. The lowest BCUT2D eigenvalue weighted by molar-refractivity contribution is 0.245. The molecule has 5 nitrogen and oxygen atoms in total. The number of hydrogen-bond acceptors (Lipinski definition) is 3. The zero-order chi connectivity index (χ0) is 30.4. The lowest BCUT2D eigenvalue weighted by Gasteiger charge is -2.28. The average Bonchev–Trinajstić information content (AvgIpc) is 3.49. The Morgan fingerprint density at radius 2 is 1.47 bits per heavy atom. The molecular formula is C40H44N4O. The third-order valence-electron chi connectivity index (χ3n) is 9.50. The summed E-state index contributed by atoms with van der Waals surface area (Å²) in [5.41, 5.74) is 10.5. The standard InChI is InChI=1S/C40H44N4O/c45-40-36(39-26-35-24-33(17-19-37(35)41-39)29-43-20-8-3-9-21-43)25-34-23-30(16-18-38(34)42-40)15-10-22-44(27-31-11-4-1-5-12-31)28-32-13-6-2-7-14-32/h1-2,4-7,11-14,16,18,23-26,41H,3,8-10,15,17,19-22,27-29H2,(H,42,45). The van der Waals surface area contributed by atoms with Gasteiger partial charge in [0.05, 0.1) is 11.3 Å². The highest BCUT2D eigenvalue weighted by molar-refractivity contribution is 5.84. The molecule has 0 atom stereocenters. The second-order valence-corrected chi connectivity index (χ2v) is 13.0. The van der Waals surface area contributed by atoms with Crippen molar-refractivity contribution in [3.8, 4) is 11.3 Å². The summed E-state index contributed by atoms with van der Waals surface area (Å²) in [6.45, 7) is 6.41. The molecule has 3 aromatic carbocycles. The number of H-pyrrole nitrogens is 2. The Bertz CT molecular complexity index is 1770. The quantitative estimate of drug-likeness (QED) is 0.163. The summed E-state index contributed by atoms with van der Waals surface area (Å²) < 4.78 is 0. The van der Waals surface area contributed by atoms with Crippen LogP contribution in [0.5, 0.6) is 0 Å². The topological polar surface area (TPSA) is 55.1 Å². The van der Waals surface area contributed by atoms with Crippen LogP contribution in [0.4, 0.5) is 0 Å². The molecule has 2 N–H and O–H groups in total. The van der Waals surface area contributed by atoms with E-state index in [-0.39, 0.29) is 5.56 Å². The van der Waals surface area contributed by atoms with Crippen LogP contribution in [0.15, 0.2) is 101 Å². The maximum Gasteiger partial charge on any atom is 0.257 e. The van der Waals surface area contributed by atoms with Gasteiger partial charge in [-0.2, -0.15) is 0 Å². The highest BCUT2D eigenvalue weighted by atomic mass is 16.1. The Balaban J connectivity index is 1.05. The number of hydrogen-bond donors (Lipinski definition) is 2. The molecule has 0 amide bonds. The highest BCUT2D eigenvalue weighted by Crippen LogP contribution is 2.30. The van der Waals surface area contributed by atoms with Gasteiger partial charge in [-0.1, -0.05) is 84.8 Å². The van der Waals surface area contributed by atoms with E-state index in [2.05, 4.69) is 117 Å². The second-order valence-electron chi connectivity index (χ2n) is 13.0. The normalized spacial score (nSPS) is 15.4. The van der Waals surface area contributed by atoms with Crippen molar-refractivity contribution in [2.45, 2.75) is 58.0 Å². The second kappa shape index (κ2) is 13.8. The minimum Gasteiger partial charge on any atom is -0.358 e. The van der Waals surface area contributed by atoms with E-state index in [1.54, 1.807) is 0 Å². The van der Waals surface area contributed by atoms with Crippen LogP contribution in [-0.2, 0) is 25.9 Å². The summed E-state index contributed by atoms with van der Waals surface area (Å²) >= 11 is 0. The molecule has 0 saturated carbocycles. The number of aryl methyl sites for hydroxylation is 2. The van der Waals surface area contributed by atoms with Gasteiger partial charge in [0.25, 0.3) is 5.56 Å². The van der Waals surface area contributed by atoms with E-state index in [4.69, 9.17) is 0 Å². The predicted molar refractivity (Wildman–Crippen MR) is 186 cm³/mol. The average molecular weight is 597 g/mol. The largest absolute Gasteiger partial charge is 0.358 e. The Labute approximate surface area is 266 Å². The molecule has 0 unspecified atom stereocenters. The SMILES string of the molecule is O=c1[nH]c2ccc(CCCN(Cc3ccccc3)Cc3ccccc3)cc2cc1-c1cc2c([nH]1)CCC(CN1CCCCC1)=C2. The van der Waals surface area contributed by atoms with Crippen molar-refractivity contribution in [1.29, 1.82) is 0 Å². The van der Waals surface area contributed by atoms with E-state index >= 15 is 0 Å². The Hall–Kier alpha value is -4.19. The number of fused-ring (bicyclic) bond motifs is 2. The van der Waals surface area contributed by atoms with Gasteiger partial charge in [-0.3, -0.25) is 14.6 Å². The van der Waals surface area contributed by atoms with Gasteiger partial charge in [0.15, 0.2) is 0 Å². The van der Waals surface area contributed by atoms with E-state index in [1.807, 2.05) is 0 Å². The zero-order valence-electron chi connectivity index (χ0n) is 26.2. The number of aromatic nitrogens is 2. The van der Waals surface area contributed by atoms with Gasteiger partial charge in [0.1, 0.15) is 0 Å². The van der Waals surface area contributed by atoms with Crippen molar-refractivity contribution in [3.05, 3.63) is 135 Å². The molecule has 45 heavy (non-hydrogen) atoms. The van der Waals surface area contributed by atoms with Crippen molar-refractivity contribution in [2.75, 3.05) is 26.2 Å². The summed E-state index contributed by atoms with van der Waals surface area (Å²) in [6, 6.07) is 32.2. The Morgan fingerprint density at radius 1 is 0.733 bits per heavy atom. The molecule has 1 fully saturated rings. The van der Waals surface area contributed by atoms with Crippen LogP contribution in [0.25, 0.3) is 28.2 Å². The van der Waals surface area contributed by atoms with Crippen LogP contribution in [0.3, 0.4) is 0 Å². The molecule has 230 valence electrons. The van der Waals surface area contributed by atoms with Crippen LogP contribution >= 0.6 is 0 Å². The number of nitrogens with one attached hydrogen (secondary N) is 2. The molecule has 1 aliphatic heterocycles. The van der Waals surface area contributed by atoms with Gasteiger partial charge in [0, 0.05) is 30.8 Å². The molecule has 0 radical (unpaired) electrons. The monoisotopic (exact) mass is 596 g/mol. The van der Waals surface area contributed by atoms with Crippen LogP contribution in [0.2, 0.25) is 0 Å². The zero-order valence-corrected chi connectivity index (χ0v) is 26.2. The Morgan fingerprint density at radius 3 is 2.20 bits per heavy atom. The van der Waals surface area contributed by atoms with Gasteiger partial charge in [-0.05, 0) is 110 Å². The van der Waals surface area contributed by atoms with Crippen LogP contribution in [0, 0.1) is 0 Å². The Kier molecular flexibility index (Phi) is 9.08. The van der Waals surface area contributed by atoms with Gasteiger partial charge in [-0.15, -0.1) is 0 Å². The summed E-state index contributed by atoms with van der Waals surface area (Å²) in [7, 11) is 0. The predicted octanol–water partition coefficient (Wildman–Crippen LogP) is 7.97. The van der Waals surface area contributed by atoms with Crippen molar-refractivity contribution in [3.63, 3.8) is 0 Å². The molecule has 2 aromatic heterocycles. The van der Waals surface area contributed by atoms with E-state index in [0.29, 0.717) is 0 Å². The van der Waals surface area contributed by atoms with E-state index in [1.165, 1.54) is 65.9 Å². The molecule has 0 spiro atoms. The number of rotatable bonds is 11. The van der Waals surface area contributed by atoms with Gasteiger partial charge >= 0.3 is 0 Å². The number of benzene rings is 3. The van der Waals surface area contributed by atoms with Crippen LogP contribution in [-0.4, -0.2) is 45.9 Å². The fraction of sp³-hybridized carbons (Fsp3) is 0.325. The first-order valence-corrected chi connectivity index (χ1v) is 16.8. The summed E-state index contributed by atoms with van der Waals surface area (Å²) in [6.07, 6.45) is 10.5. The summed E-state index contributed by atoms with van der Waals surface area (Å²) in [5.74, 6) is 0. The lowest BCUT2D eigenvalue weighted by atomic mass is 9.96. The molecule has 2 aliphatic rings. The molecule has 7 rings (SSSR count). The number of pyridine rings is 1. The lowest BCUT2D eigenvalue weighted by Crippen LogP contribution is -2.31. The highest BCUT2D eigenvalue weighted by Gasteiger charge is 2.19. The number of piperidine rings is 1. The van der Waals surface area contributed by atoms with Crippen LogP contribution < -0.4 is 5.56 Å². The fourth-order valence-electron chi connectivity index (χ4n) is 7.12. The van der Waals surface area contributed by atoms with E-state index in [0.717, 1.165) is 74.0 Å². The van der Waals surface area contributed by atoms with Crippen molar-refractivity contribution in [2.24, 2.45) is 0 Å². The van der Waals surface area contributed by atoms with Crippen molar-refractivity contribution < 1.29 is 0 Å². The first-order valence-electron chi connectivity index (χ1n) is 16.8. The molecule has 3 heterocycles. The molecule has 5 aromatic rings. The minimum absolute atomic E-state index is 0.0381. The summed E-state index contributed by atoms with van der Waals surface area (Å²) in [4.78, 5) is 25.1. The first kappa shape index (κ1) is 29.5. The van der Waals surface area contributed by atoms with Crippen molar-refractivity contribution in [1.82, 2.24) is 19.8 Å². The fourth-order valence-corrected chi connectivity index (χ4v) is 7.12. The van der Waals surface area contributed by atoms with Gasteiger partial charge in [-0.25, -0.2) is 0 Å². The minimum atomic E-state index is -0.0381. The number of likely N-dealkylation sites (tertiary alicyclic amines) is 1. The number of aromatic amines is 2. The van der Waals surface area contributed by atoms with E-state index in [9.17, 15) is 4.79 Å². The third kappa shape index (κ3) is 7.38. The maximum atomic E-state index is 13.2. The van der Waals surface area contributed by atoms with Gasteiger partial charge < -0.3 is 9.97 Å². The van der Waals surface area contributed by atoms with Crippen molar-refractivity contribution >= 4 is 17.0 Å². The van der Waals surface area contributed by atoms with Gasteiger partial charge in [0.2, 0.25) is 0 Å². The molecule has 1 aliphatic carbocycles. The maximum absolute atomic E-state index is 13.2. The van der Waals surface area contributed by atoms with Crippen LogP contribution in [0.1, 0.15) is 60.1 Å². The first-order chi connectivity index (χ1) is 22.2. The van der Waals surface area contributed by atoms with E-state index < -0.39 is 0 Å². The molecule has 5 heteroatoms. The molecule has 0 bridgehead atoms. The number of nitrogens with zero attached hydrogens (tertiary/aromatic N) is 2. The molecule has 1 saturated heterocycles.